The minimum atomic E-state index is 0.708. The maximum Gasteiger partial charge on any atom is 0.0823 e. The molecule has 1 fully saturated rings. The Morgan fingerprint density at radius 3 is 2.89 bits per heavy atom. The summed E-state index contributed by atoms with van der Waals surface area (Å²) in [6, 6.07) is 4.09. The average molecular weight is 265 g/mol. The van der Waals surface area contributed by atoms with E-state index in [1.165, 1.54) is 5.56 Å². The lowest BCUT2D eigenvalue weighted by Gasteiger charge is -2.27. The highest BCUT2D eigenvalue weighted by atomic mass is 32.1. The van der Waals surface area contributed by atoms with E-state index in [1.807, 2.05) is 19.2 Å². The molecule has 2 heterocycles. The topological polar surface area (TPSA) is 37.4 Å². The molecule has 0 spiro atoms. The van der Waals surface area contributed by atoms with Crippen LogP contribution in [0.3, 0.4) is 0 Å². The van der Waals surface area contributed by atoms with Crippen molar-refractivity contribution in [1.29, 1.82) is 0 Å². The molecule has 18 heavy (non-hydrogen) atoms. The van der Waals surface area contributed by atoms with Gasteiger partial charge >= 0.3 is 0 Å². The third-order valence-electron chi connectivity index (χ3n) is 2.92. The van der Waals surface area contributed by atoms with Gasteiger partial charge in [-0.3, -0.25) is 9.88 Å². The molecule has 0 bridgehead atoms. The molecule has 0 radical (unpaired) electrons. The van der Waals surface area contributed by atoms with Crippen LogP contribution in [0.2, 0.25) is 0 Å². The molecule has 1 saturated heterocycles. The zero-order valence-corrected chi connectivity index (χ0v) is 11.5. The number of pyridine rings is 1. The maximum atomic E-state index is 5.33. The van der Waals surface area contributed by atoms with Crippen LogP contribution in [0.25, 0.3) is 0 Å². The van der Waals surface area contributed by atoms with Gasteiger partial charge in [-0.25, -0.2) is 0 Å². The first-order valence-corrected chi connectivity index (χ1v) is 6.63. The standard InChI is InChI=1S/C13H19N3OS/c1-11-2-3-12(14-9-11)8-13(18)15-10-16-4-6-17-7-5-16/h2-3,9H,4-8,10H2,1H3,(H,15,18). The van der Waals surface area contributed by atoms with Gasteiger partial charge < -0.3 is 10.1 Å². The lowest BCUT2D eigenvalue weighted by Crippen LogP contribution is -2.43. The molecular weight excluding hydrogens is 246 g/mol. The van der Waals surface area contributed by atoms with Crippen LogP contribution in [-0.2, 0) is 11.2 Å². The summed E-state index contributed by atoms with van der Waals surface area (Å²) in [5, 5.41) is 3.28. The van der Waals surface area contributed by atoms with Crippen LogP contribution < -0.4 is 5.32 Å². The normalized spacial score (nSPS) is 16.5. The number of thiocarbonyl (C=S) groups is 1. The Morgan fingerprint density at radius 1 is 1.44 bits per heavy atom. The highest BCUT2D eigenvalue weighted by Crippen LogP contribution is 2.00. The van der Waals surface area contributed by atoms with Crippen molar-refractivity contribution < 1.29 is 4.74 Å². The second-order valence-corrected chi connectivity index (χ2v) is 4.98. The van der Waals surface area contributed by atoms with E-state index >= 15 is 0 Å². The van der Waals surface area contributed by atoms with Gasteiger partial charge in [-0.15, -0.1) is 0 Å². The highest BCUT2D eigenvalue weighted by molar-refractivity contribution is 7.80. The summed E-state index contributed by atoms with van der Waals surface area (Å²) in [5.74, 6) is 0. The van der Waals surface area contributed by atoms with Crippen molar-refractivity contribution in [2.24, 2.45) is 0 Å². The Kier molecular flexibility index (Phi) is 5.04. The Hall–Kier alpha value is -1.04. The summed E-state index contributed by atoms with van der Waals surface area (Å²) in [5.41, 5.74) is 2.19. The van der Waals surface area contributed by atoms with Crippen LogP contribution in [0, 0.1) is 6.92 Å². The Bertz CT molecular complexity index is 388. The number of rotatable bonds is 4. The first kappa shape index (κ1) is 13.4. The highest BCUT2D eigenvalue weighted by Gasteiger charge is 2.10. The van der Waals surface area contributed by atoms with Gasteiger partial charge in [0.25, 0.3) is 0 Å². The van der Waals surface area contributed by atoms with Gasteiger partial charge in [-0.1, -0.05) is 18.3 Å². The summed E-state index contributed by atoms with van der Waals surface area (Å²) < 4.78 is 5.30. The minimum Gasteiger partial charge on any atom is -0.379 e. The second kappa shape index (κ2) is 6.78. The fraction of sp³-hybridized carbons (Fsp3) is 0.538. The van der Waals surface area contributed by atoms with Crippen molar-refractivity contribution in [3.8, 4) is 0 Å². The van der Waals surface area contributed by atoms with Crippen LogP contribution >= 0.6 is 12.2 Å². The number of hydrogen-bond acceptors (Lipinski definition) is 4. The van der Waals surface area contributed by atoms with E-state index < -0.39 is 0 Å². The molecule has 1 aromatic heterocycles. The largest absolute Gasteiger partial charge is 0.379 e. The van der Waals surface area contributed by atoms with Crippen LogP contribution in [0.4, 0.5) is 0 Å². The van der Waals surface area contributed by atoms with Crippen molar-refractivity contribution >= 4 is 17.2 Å². The predicted octanol–water partition coefficient (Wildman–Crippen LogP) is 1.14. The summed E-state index contributed by atoms with van der Waals surface area (Å²) in [6.45, 7) is 6.40. The van der Waals surface area contributed by atoms with Crippen molar-refractivity contribution in [2.75, 3.05) is 33.0 Å². The molecule has 1 aromatic rings. The van der Waals surface area contributed by atoms with E-state index in [2.05, 4.69) is 21.3 Å². The Labute approximate surface area is 113 Å². The van der Waals surface area contributed by atoms with E-state index in [0.29, 0.717) is 6.42 Å². The summed E-state index contributed by atoms with van der Waals surface area (Å²) >= 11 is 5.33. The zero-order valence-electron chi connectivity index (χ0n) is 10.7. The van der Waals surface area contributed by atoms with Gasteiger partial charge in [-0.05, 0) is 18.6 Å². The molecule has 1 aliphatic heterocycles. The molecule has 4 nitrogen and oxygen atoms in total. The number of aromatic nitrogens is 1. The molecule has 2 rings (SSSR count). The van der Waals surface area contributed by atoms with Gasteiger partial charge in [0.05, 0.1) is 24.9 Å². The van der Waals surface area contributed by atoms with Crippen molar-refractivity contribution in [3.63, 3.8) is 0 Å². The smallest absolute Gasteiger partial charge is 0.0823 e. The van der Waals surface area contributed by atoms with Gasteiger partial charge in [0.2, 0.25) is 0 Å². The molecule has 0 atom stereocenters. The number of hydrogen-bond donors (Lipinski definition) is 1. The summed E-state index contributed by atoms with van der Waals surface area (Å²) in [6.07, 6.45) is 2.58. The van der Waals surface area contributed by atoms with Gasteiger partial charge in [-0.2, -0.15) is 0 Å². The van der Waals surface area contributed by atoms with Crippen LogP contribution in [0.1, 0.15) is 11.3 Å². The van der Waals surface area contributed by atoms with Gasteiger partial charge in [0, 0.05) is 31.4 Å². The SMILES string of the molecule is Cc1ccc(CC(=S)NCN2CCOCC2)nc1. The van der Waals surface area contributed by atoms with Crippen LogP contribution in [0.5, 0.6) is 0 Å². The fourth-order valence-corrected chi connectivity index (χ4v) is 2.00. The number of morpholine rings is 1. The van der Waals surface area contributed by atoms with E-state index in [-0.39, 0.29) is 0 Å². The van der Waals surface area contributed by atoms with E-state index in [4.69, 9.17) is 17.0 Å². The number of nitrogens with one attached hydrogen (secondary N) is 1. The molecule has 0 unspecified atom stereocenters. The first-order chi connectivity index (χ1) is 8.74. The van der Waals surface area contributed by atoms with Crippen LogP contribution in [0.15, 0.2) is 18.3 Å². The fourth-order valence-electron chi connectivity index (χ4n) is 1.79. The third kappa shape index (κ3) is 4.33. The summed E-state index contributed by atoms with van der Waals surface area (Å²) in [4.78, 5) is 7.50. The first-order valence-electron chi connectivity index (χ1n) is 6.22. The molecule has 1 aliphatic rings. The van der Waals surface area contributed by atoms with E-state index in [1.54, 1.807) is 0 Å². The molecular formula is C13H19N3OS. The number of ether oxygens (including phenoxy) is 1. The predicted molar refractivity (Wildman–Crippen MR) is 75.7 cm³/mol. The molecule has 0 aromatic carbocycles. The molecule has 0 aliphatic carbocycles. The Morgan fingerprint density at radius 2 is 2.22 bits per heavy atom. The summed E-state index contributed by atoms with van der Waals surface area (Å²) in [7, 11) is 0. The second-order valence-electron chi connectivity index (χ2n) is 4.49. The molecule has 5 heteroatoms. The molecule has 0 saturated carbocycles. The maximum absolute atomic E-state index is 5.33. The van der Waals surface area contributed by atoms with E-state index in [0.717, 1.165) is 43.7 Å². The molecule has 1 N–H and O–H groups in total. The number of aryl methyl sites for hydroxylation is 1. The molecule has 98 valence electrons. The van der Waals surface area contributed by atoms with Gasteiger partial charge in [0.1, 0.15) is 0 Å². The van der Waals surface area contributed by atoms with Gasteiger partial charge in [0.15, 0.2) is 0 Å². The zero-order chi connectivity index (χ0) is 12.8. The quantitative estimate of drug-likeness (QED) is 0.826. The lowest BCUT2D eigenvalue weighted by molar-refractivity contribution is 0.0367. The minimum absolute atomic E-state index is 0.708. The average Bonchev–Trinajstić information content (AvgIpc) is 2.40. The Balaban J connectivity index is 1.73. The lowest BCUT2D eigenvalue weighted by atomic mass is 10.2. The van der Waals surface area contributed by atoms with E-state index in [9.17, 15) is 0 Å². The third-order valence-corrected chi connectivity index (χ3v) is 3.21. The molecule has 0 amide bonds. The van der Waals surface area contributed by atoms with Crippen molar-refractivity contribution in [2.45, 2.75) is 13.3 Å². The van der Waals surface area contributed by atoms with Crippen molar-refractivity contribution in [1.82, 2.24) is 15.2 Å². The monoisotopic (exact) mass is 265 g/mol. The number of nitrogens with zero attached hydrogens (tertiary/aromatic N) is 2. The van der Waals surface area contributed by atoms with Crippen LogP contribution in [-0.4, -0.2) is 47.8 Å². The van der Waals surface area contributed by atoms with Crippen molar-refractivity contribution in [3.05, 3.63) is 29.6 Å².